The summed E-state index contributed by atoms with van der Waals surface area (Å²) in [6.07, 6.45) is 1.20. The molecule has 1 aromatic rings. The van der Waals surface area contributed by atoms with Gasteiger partial charge in [0, 0.05) is 16.5 Å². The predicted octanol–water partition coefficient (Wildman–Crippen LogP) is 2.99. The molecule has 0 saturated carbocycles. The van der Waals surface area contributed by atoms with Crippen LogP contribution in [0.3, 0.4) is 0 Å². The number of aromatic nitrogens is 1. The highest BCUT2D eigenvalue weighted by Crippen LogP contribution is 2.39. The van der Waals surface area contributed by atoms with E-state index in [0.717, 1.165) is 5.75 Å². The number of nitrogens with one attached hydrogen (secondary N) is 1. The van der Waals surface area contributed by atoms with Gasteiger partial charge in [0.25, 0.3) is 0 Å². The molecule has 0 aromatic carbocycles. The normalized spacial score (nSPS) is 26.2. The average Bonchev–Trinajstić information content (AvgIpc) is 2.86. The number of hydrogen-bond acceptors (Lipinski definition) is 4. The predicted molar refractivity (Wildman–Crippen MR) is 73.5 cm³/mol. The quantitative estimate of drug-likeness (QED) is 0.880. The summed E-state index contributed by atoms with van der Waals surface area (Å²) in [5.74, 6) is 2.39. The summed E-state index contributed by atoms with van der Waals surface area (Å²) in [4.78, 5) is 4.85. The minimum Gasteiger partial charge on any atom is -0.308 e. The van der Waals surface area contributed by atoms with E-state index in [4.69, 9.17) is 4.98 Å². The zero-order valence-corrected chi connectivity index (χ0v) is 12.1. The molecule has 0 radical (unpaired) electrons. The van der Waals surface area contributed by atoms with Gasteiger partial charge in [-0.1, -0.05) is 20.8 Å². The molecule has 1 saturated heterocycles. The lowest BCUT2D eigenvalue weighted by atomic mass is 9.93. The molecule has 2 rings (SSSR count). The van der Waals surface area contributed by atoms with Crippen LogP contribution >= 0.6 is 23.1 Å². The first-order valence-electron chi connectivity index (χ1n) is 5.71. The van der Waals surface area contributed by atoms with Gasteiger partial charge in [-0.2, -0.15) is 11.8 Å². The van der Waals surface area contributed by atoms with E-state index in [-0.39, 0.29) is 11.0 Å². The Labute approximate surface area is 106 Å². The number of rotatable bonds is 2. The molecule has 1 N–H and O–H groups in total. The first kappa shape index (κ1) is 12.4. The van der Waals surface area contributed by atoms with Crippen LogP contribution in [0, 0.1) is 0 Å². The van der Waals surface area contributed by atoms with Crippen LogP contribution in [0.25, 0.3) is 0 Å². The molecule has 2 nitrogen and oxygen atoms in total. The van der Waals surface area contributed by atoms with E-state index >= 15 is 0 Å². The van der Waals surface area contributed by atoms with Crippen LogP contribution in [0.15, 0.2) is 5.38 Å². The highest BCUT2D eigenvalue weighted by Gasteiger charge is 2.37. The molecule has 0 aliphatic carbocycles. The molecule has 1 aliphatic heterocycles. The van der Waals surface area contributed by atoms with Gasteiger partial charge in [-0.25, -0.2) is 4.98 Å². The van der Waals surface area contributed by atoms with E-state index in [0.29, 0.717) is 0 Å². The van der Waals surface area contributed by atoms with Crippen LogP contribution in [0.5, 0.6) is 0 Å². The van der Waals surface area contributed by atoms with Crippen molar-refractivity contribution in [3.8, 4) is 0 Å². The van der Waals surface area contributed by atoms with Crippen molar-refractivity contribution < 1.29 is 0 Å². The van der Waals surface area contributed by atoms with Gasteiger partial charge < -0.3 is 5.32 Å². The molecule has 2 heterocycles. The molecule has 16 heavy (non-hydrogen) atoms. The lowest BCUT2D eigenvalue weighted by Crippen LogP contribution is -2.39. The molecule has 1 atom stereocenters. The van der Waals surface area contributed by atoms with Crippen LogP contribution < -0.4 is 5.32 Å². The smallest absolute Gasteiger partial charge is 0.114 e. The lowest BCUT2D eigenvalue weighted by Gasteiger charge is -2.25. The van der Waals surface area contributed by atoms with Crippen LogP contribution in [-0.2, 0) is 11.0 Å². The third kappa shape index (κ3) is 2.15. The largest absolute Gasteiger partial charge is 0.308 e. The maximum Gasteiger partial charge on any atom is 0.114 e. The molecular weight excluding hydrogens is 236 g/mol. The van der Waals surface area contributed by atoms with Gasteiger partial charge in [-0.05, 0) is 19.2 Å². The monoisotopic (exact) mass is 256 g/mol. The summed E-state index contributed by atoms with van der Waals surface area (Å²) in [6.45, 7) is 6.67. The second-order valence-electron chi connectivity index (χ2n) is 5.42. The molecule has 1 unspecified atom stereocenters. The fourth-order valence-electron chi connectivity index (χ4n) is 1.88. The van der Waals surface area contributed by atoms with Crippen molar-refractivity contribution in [2.24, 2.45) is 0 Å². The second kappa shape index (κ2) is 4.31. The fraction of sp³-hybridized carbons (Fsp3) is 0.750. The second-order valence-corrected chi connectivity index (χ2v) is 7.39. The summed E-state index contributed by atoms with van der Waals surface area (Å²) in [5.41, 5.74) is 1.52. The summed E-state index contributed by atoms with van der Waals surface area (Å²) in [7, 11) is 2.06. The van der Waals surface area contributed by atoms with E-state index in [9.17, 15) is 0 Å². The van der Waals surface area contributed by atoms with Crippen LogP contribution in [0.4, 0.5) is 0 Å². The third-order valence-electron chi connectivity index (χ3n) is 3.18. The van der Waals surface area contributed by atoms with Gasteiger partial charge in [-0.3, -0.25) is 0 Å². The Morgan fingerprint density at radius 1 is 1.44 bits per heavy atom. The summed E-state index contributed by atoms with van der Waals surface area (Å²) >= 11 is 3.83. The van der Waals surface area contributed by atoms with Gasteiger partial charge in [0.05, 0.1) is 11.2 Å². The Hall–Kier alpha value is -0.0600. The van der Waals surface area contributed by atoms with Crippen molar-refractivity contribution in [1.29, 1.82) is 0 Å². The average molecular weight is 256 g/mol. The van der Waals surface area contributed by atoms with Crippen LogP contribution in [0.2, 0.25) is 0 Å². The molecule has 1 aliphatic rings. The number of thioether (sulfide) groups is 1. The van der Waals surface area contributed by atoms with Gasteiger partial charge in [0.2, 0.25) is 0 Å². The number of hydrogen-bond donors (Lipinski definition) is 1. The van der Waals surface area contributed by atoms with E-state index in [1.807, 2.05) is 23.1 Å². The van der Waals surface area contributed by atoms with Crippen LogP contribution in [-0.4, -0.2) is 23.5 Å². The maximum atomic E-state index is 4.85. The molecular formula is C12H20N2S2. The minimum absolute atomic E-state index is 0.138. The van der Waals surface area contributed by atoms with Crippen molar-refractivity contribution in [2.45, 2.75) is 38.1 Å². The maximum absolute atomic E-state index is 4.85. The van der Waals surface area contributed by atoms with Crippen molar-refractivity contribution in [1.82, 2.24) is 10.3 Å². The minimum atomic E-state index is 0.138. The molecule has 1 aromatic heterocycles. The lowest BCUT2D eigenvalue weighted by molar-refractivity contribution is 0.407. The summed E-state index contributed by atoms with van der Waals surface area (Å²) in [6, 6.07) is 0. The standard InChI is InChI=1S/C12H20N2S2/c1-11(2,3)9-7-16-10(14-9)12(13-4)5-6-15-8-12/h7,13H,5-6,8H2,1-4H3. The molecule has 0 spiro atoms. The molecule has 0 amide bonds. The Morgan fingerprint density at radius 3 is 2.62 bits per heavy atom. The number of nitrogens with zero attached hydrogens (tertiary/aromatic N) is 1. The van der Waals surface area contributed by atoms with Crippen molar-refractivity contribution in [3.63, 3.8) is 0 Å². The molecule has 4 heteroatoms. The van der Waals surface area contributed by atoms with Gasteiger partial charge >= 0.3 is 0 Å². The summed E-state index contributed by atoms with van der Waals surface area (Å²) in [5, 5.41) is 6.97. The molecule has 90 valence electrons. The highest BCUT2D eigenvalue weighted by molar-refractivity contribution is 7.99. The van der Waals surface area contributed by atoms with E-state index < -0.39 is 0 Å². The zero-order chi connectivity index (χ0) is 11.8. The fourth-order valence-corrected chi connectivity index (χ4v) is 4.66. The molecule has 0 bridgehead atoms. The van der Waals surface area contributed by atoms with E-state index in [1.54, 1.807) is 0 Å². The number of thiazole rings is 1. The first-order chi connectivity index (χ1) is 7.48. The topological polar surface area (TPSA) is 24.9 Å². The van der Waals surface area contributed by atoms with E-state index in [1.165, 1.54) is 22.9 Å². The third-order valence-corrected chi connectivity index (χ3v) is 5.42. The summed E-state index contributed by atoms with van der Waals surface area (Å²) < 4.78 is 0. The zero-order valence-electron chi connectivity index (χ0n) is 10.5. The van der Waals surface area contributed by atoms with Gasteiger partial charge in [-0.15, -0.1) is 11.3 Å². The molecule has 1 fully saturated rings. The SMILES string of the molecule is CNC1(c2nc(C(C)(C)C)cs2)CCSC1. The Balaban J connectivity index is 2.30. The van der Waals surface area contributed by atoms with Crippen LogP contribution in [0.1, 0.15) is 37.9 Å². The Kier molecular flexibility index (Phi) is 3.34. The van der Waals surface area contributed by atoms with E-state index in [2.05, 4.69) is 38.5 Å². The van der Waals surface area contributed by atoms with Crippen molar-refractivity contribution in [3.05, 3.63) is 16.1 Å². The van der Waals surface area contributed by atoms with Crippen molar-refractivity contribution in [2.75, 3.05) is 18.6 Å². The van der Waals surface area contributed by atoms with Gasteiger partial charge in [0.15, 0.2) is 0 Å². The first-order valence-corrected chi connectivity index (χ1v) is 7.74. The highest BCUT2D eigenvalue weighted by atomic mass is 32.2. The Morgan fingerprint density at radius 2 is 2.19 bits per heavy atom. The van der Waals surface area contributed by atoms with Crippen molar-refractivity contribution >= 4 is 23.1 Å². The Bertz CT molecular complexity index is 359. The van der Waals surface area contributed by atoms with Gasteiger partial charge in [0.1, 0.15) is 5.01 Å².